The minimum absolute atomic E-state index is 0.376. The van der Waals surface area contributed by atoms with E-state index < -0.39 is 5.91 Å². The molecule has 3 rings (SSSR count). The number of rotatable bonds is 5. The Bertz CT molecular complexity index is 1100. The summed E-state index contributed by atoms with van der Waals surface area (Å²) >= 11 is 6.45. The SMILES string of the molecule is Cc1ccc(C(=O)NNC(=O)/C=C/c2c(C)nn(Cc3ccccc3)c2Cl)c(C)c1. The summed E-state index contributed by atoms with van der Waals surface area (Å²) in [5, 5.41) is 4.89. The molecule has 154 valence electrons. The fraction of sp³-hybridized carbons (Fsp3) is 0.174. The largest absolute Gasteiger partial charge is 0.269 e. The van der Waals surface area contributed by atoms with Gasteiger partial charge in [-0.2, -0.15) is 5.10 Å². The van der Waals surface area contributed by atoms with Crippen LogP contribution in [0.2, 0.25) is 5.15 Å². The van der Waals surface area contributed by atoms with Gasteiger partial charge in [0.15, 0.2) is 0 Å². The number of hydrogen-bond acceptors (Lipinski definition) is 3. The van der Waals surface area contributed by atoms with Crippen molar-refractivity contribution in [2.45, 2.75) is 27.3 Å². The van der Waals surface area contributed by atoms with Crippen LogP contribution in [-0.4, -0.2) is 21.6 Å². The first-order valence-electron chi connectivity index (χ1n) is 9.47. The van der Waals surface area contributed by atoms with E-state index in [9.17, 15) is 9.59 Å². The van der Waals surface area contributed by atoms with Crippen LogP contribution in [0.4, 0.5) is 0 Å². The molecule has 0 fully saturated rings. The number of halogens is 1. The molecule has 0 aliphatic rings. The van der Waals surface area contributed by atoms with Crippen LogP contribution in [-0.2, 0) is 11.3 Å². The lowest BCUT2D eigenvalue weighted by molar-refractivity contribution is -0.117. The average molecular weight is 423 g/mol. The number of carbonyl (C=O) groups is 2. The van der Waals surface area contributed by atoms with E-state index in [1.54, 1.807) is 16.8 Å². The van der Waals surface area contributed by atoms with Gasteiger partial charge in [0.1, 0.15) is 5.15 Å². The molecule has 0 saturated heterocycles. The minimum Gasteiger partial charge on any atom is -0.268 e. The van der Waals surface area contributed by atoms with E-state index >= 15 is 0 Å². The summed E-state index contributed by atoms with van der Waals surface area (Å²) in [4.78, 5) is 24.4. The lowest BCUT2D eigenvalue weighted by Crippen LogP contribution is -2.41. The maximum absolute atomic E-state index is 12.3. The molecule has 0 atom stereocenters. The highest BCUT2D eigenvalue weighted by Gasteiger charge is 2.12. The molecule has 0 bridgehead atoms. The smallest absolute Gasteiger partial charge is 0.268 e. The summed E-state index contributed by atoms with van der Waals surface area (Å²) in [6.07, 6.45) is 2.90. The second-order valence-electron chi connectivity index (χ2n) is 7.03. The molecule has 0 aliphatic carbocycles. The molecule has 2 N–H and O–H groups in total. The van der Waals surface area contributed by atoms with Crippen LogP contribution in [0.15, 0.2) is 54.6 Å². The second-order valence-corrected chi connectivity index (χ2v) is 7.39. The van der Waals surface area contributed by atoms with Crippen molar-refractivity contribution < 1.29 is 9.59 Å². The van der Waals surface area contributed by atoms with Gasteiger partial charge in [-0.1, -0.05) is 59.6 Å². The molecule has 0 spiro atoms. The van der Waals surface area contributed by atoms with Crippen LogP contribution >= 0.6 is 11.6 Å². The molecule has 2 amide bonds. The Labute approximate surface area is 180 Å². The van der Waals surface area contributed by atoms with Crippen LogP contribution in [0.1, 0.15) is 38.3 Å². The van der Waals surface area contributed by atoms with Crippen LogP contribution in [0, 0.1) is 20.8 Å². The highest BCUT2D eigenvalue weighted by Crippen LogP contribution is 2.22. The third kappa shape index (κ3) is 5.15. The number of benzene rings is 2. The summed E-state index contributed by atoms with van der Waals surface area (Å²) < 4.78 is 1.69. The zero-order valence-corrected chi connectivity index (χ0v) is 17.8. The number of hydrazine groups is 1. The maximum atomic E-state index is 12.3. The Balaban J connectivity index is 1.62. The molecule has 2 aromatic carbocycles. The second kappa shape index (κ2) is 9.41. The number of hydrogen-bond donors (Lipinski definition) is 2. The molecule has 0 saturated carbocycles. The van der Waals surface area contributed by atoms with Gasteiger partial charge in [0.2, 0.25) is 0 Å². The van der Waals surface area contributed by atoms with Gasteiger partial charge in [-0.3, -0.25) is 20.4 Å². The van der Waals surface area contributed by atoms with Crippen molar-refractivity contribution in [2.24, 2.45) is 0 Å². The number of nitrogens with one attached hydrogen (secondary N) is 2. The van der Waals surface area contributed by atoms with Crippen molar-refractivity contribution in [3.05, 3.63) is 93.3 Å². The van der Waals surface area contributed by atoms with Crippen molar-refractivity contribution in [2.75, 3.05) is 0 Å². The standard InChI is InChI=1S/C23H23ClN4O2/c1-15-9-10-19(16(2)13-15)23(30)26-25-21(29)12-11-20-17(3)27-28(22(20)24)14-18-7-5-4-6-8-18/h4-13H,14H2,1-3H3,(H,25,29)(H,26,30)/b12-11+. The molecule has 0 radical (unpaired) electrons. The zero-order chi connectivity index (χ0) is 21.7. The Kier molecular flexibility index (Phi) is 6.69. The molecule has 3 aromatic rings. The molecule has 0 aliphatic heterocycles. The fourth-order valence-electron chi connectivity index (χ4n) is 3.07. The molecule has 1 aromatic heterocycles. The van der Waals surface area contributed by atoms with Gasteiger partial charge >= 0.3 is 0 Å². The van der Waals surface area contributed by atoms with Gasteiger partial charge in [0.25, 0.3) is 11.8 Å². The summed E-state index contributed by atoms with van der Waals surface area (Å²) in [6, 6.07) is 15.3. The minimum atomic E-state index is -0.473. The summed E-state index contributed by atoms with van der Waals surface area (Å²) in [5.74, 6) is -0.849. The Morgan fingerprint density at radius 2 is 1.80 bits per heavy atom. The number of aromatic nitrogens is 2. The quantitative estimate of drug-likeness (QED) is 0.482. The van der Waals surface area contributed by atoms with E-state index in [2.05, 4.69) is 16.0 Å². The third-order valence-corrected chi connectivity index (χ3v) is 5.01. The number of carbonyl (C=O) groups excluding carboxylic acids is 2. The summed E-state index contributed by atoms with van der Waals surface area (Å²) in [5.41, 5.74) is 9.65. The number of nitrogens with zero attached hydrogens (tertiary/aromatic N) is 2. The van der Waals surface area contributed by atoms with Crippen LogP contribution in [0.3, 0.4) is 0 Å². The van der Waals surface area contributed by atoms with E-state index in [0.29, 0.717) is 28.5 Å². The highest BCUT2D eigenvalue weighted by molar-refractivity contribution is 6.31. The van der Waals surface area contributed by atoms with Gasteiger partial charge in [0.05, 0.1) is 12.2 Å². The topological polar surface area (TPSA) is 76.0 Å². The number of amides is 2. The van der Waals surface area contributed by atoms with E-state index in [1.807, 2.05) is 63.2 Å². The normalized spacial score (nSPS) is 10.9. The molecule has 1 heterocycles. The Morgan fingerprint density at radius 1 is 1.07 bits per heavy atom. The van der Waals surface area contributed by atoms with Crippen molar-refractivity contribution in [1.82, 2.24) is 20.6 Å². The molecular weight excluding hydrogens is 400 g/mol. The fourth-order valence-corrected chi connectivity index (χ4v) is 3.37. The predicted molar refractivity (Wildman–Crippen MR) is 118 cm³/mol. The zero-order valence-electron chi connectivity index (χ0n) is 17.1. The predicted octanol–water partition coefficient (Wildman–Crippen LogP) is 3.98. The lowest BCUT2D eigenvalue weighted by Gasteiger charge is -2.08. The van der Waals surface area contributed by atoms with Gasteiger partial charge in [-0.05, 0) is 44.0 Å². The highest BCUT2D eigenvalue weighted by atomic mass is 35.5. The van der Waals surface area contributed by atoms with Crippen molar-refractivity contribution in [3.63, 3.8) is 0 Å². The van der Waals surface area contributed by atoms with Crippen LogP contribution in [0.5, 0.6) is 0 Å². The monoisotopic (exact) mass is 422 g/mol. The molecule has 30 heavy (non-hydrogen) atoms. The van der Waals surface area contributed by atoms with Crippen molar-refractivity contribution in [3.8, 4) is 0 Å². The van der Waals surface area contributed by atoms with E-state index in [0.717, 1.165) is 16.7 Å². The van der Waals surface area contributed by atoms with Gasteiger partial charge < -0.3 is 0 Å². The van der Waals surface area contributed by atoms with Gasteiger partial charge in [-0.25, -0.2) is 4.68 Å². The van der Waals surface area contributed by atoms with Gasteiger partial charge in [-0.15, -0.1) is 0 Å². The van der Waals surface area contributed by atoms with Crippen molar-refractivity contribution >= 4 is 29.5 Å². The average Bonchev–Trinajstić information content (AvgIpc) is 2.98. The van der Waals surface area contributed by atoms with Crippen molar-refractivity contribution in [1.29, 1.82) is 0 Å². The lowest BCUT2D eigenvalue weighted by atomic mass is 10.1. The number of aryl methyl sites for hydroxylation is 3. The maximum Gasteiger partial charge on any atom is 0.269 e. The molecular formula is C23H23ClN4O2. The van der Waals surface area contributed by atoms with Crippen LogP contribution < -0.4 is 10.9 Å². The molecule has 7 heteroatoms. The van der Waals surface area contributed by atoms with E-state index in [1.165, 1.54) is 6.08 Å². The first-order chi connectivity index (χ1) is 14.3. The molecule has 6 nitrogen and oxygen atoms in total. The Morgan fingerprint density at radius 3 is 2.50 bits per heavy atom. The van der Waals surface area contributed by atoms with Crippen LogP contribution in [0.25, 0.3) is 6.08 Å². The van der Waals surface area contributed by atoms with E-state index in [-0.39, 0.29) is 5.91 Å². The van der Waals surface area contributed by atoms with Gasteiger partial charge in [0, 0.05) is 17.2 Å². The molecule has 0 unspecified atom stereocenters. The summed E-state index contributed by atoms with van der Waals surface area (Å²) in [6.45, 7) is 6.16. The first kappa shape index (κ1) is 21.3. The van der Waals surface area contributed by atoms with E-state index in [4.69, 9.17) is 11.6 Å². The summed E-state index contributed by atoms with van der Waals surface area (Å²) in [7, 11) is 0. The first-order valence-corrected chi connectivity index (χ1v) is 9.85. The Hall–Kier alpha value is -3.38. The third-order valence-electron chi connectivity index (χ3n) is 4.61.